The first kappa shape index (κ1) is 22.0. The number of aliphatic hydroxyl groups is 1. The van der Waals surface area contributed by atoms with Gasteiger partial charge < -0.3 is 20.3 Å². The lowest BCUT2D eigenvalue weighted by Crippen LogP contribution is -2.45. The molecule has 3 aromatic rings. The Morgan fingerprint density at radius 3 is 2.56 bits per heavy atom. The van der Waals surface area contributed by atoms with E-state index in [2.05, 4.69) is 10.6 Å². The lowest BCUT2D eigenvalue weighted by Gasteiger charge is -2.28. The number of aromatic nitrogens is 1. The van der Waals surface area contributed by atoms with Crippen molar-refractivity contribution in [2.75, 3.05) is 7.05 Å². The molecule has 3 N–H and O–H groups in total. The first-order valence-electron chi connectivity index (χ1n) is 10.7. The third-order valence-corrected chi connectivity index (χ3v) is 6.00. The molecule has 1 fully saturated rings. The molecule has 1 aromatic heterocycles. The Morgan fingerprint density at radius 2 is 1.84 bits per heavy atom. The molecule has 168 valence electrons. The van der Waals surface area contributed by atoms with Gasteiger partial charge in [-0.3, -0.25) is 9.59 Å². The maximum absolute atomic E-state index is 14.7. The molecular weight excluding hydrogens is 416 g/mol. The van der Waals surface area contributed by atoms with E-state index in [0.717, 1.165) is 12.8 Å². The number of amides is 2. The summed E-state index contributed by atoms with van der Waals surface area (Å²) in [5, 5.41) is 15.6. The van der Waals surface area contributed by atoms with E-state index in [4.69, 9.17) is 0 Å². The maximum atomic E-state index is 14.7. The van der Waals surface area contributed by atoms with Crippen molar-refractivity contribution in [1.29, 1.82) is 0 Å². The summed E-state index contributed by atoms with van der Waals surface area (Å²) in [6.45, 7) is 0.185. The summed E-state index contributed by atoms with van der Waals surface area (Å²) < 4.78 is 30.8. The Hall–Kier alpha value is -3.26. The number of fused-ring (bicyclic) bond motifs is 1. The van der Waals surface area contributed by atoms with Crippen LogP contribution in [0, 0.1) is 11.6 Å². The van der Waals surface area contributed by atoms with Crippen LogP contribution in [-0.4, -0.2) is 40.7 Å². The number of benzene rings is 2. The molecule has 1 aliphatic rings. The molecule has 0 saturated heterocycles. The third-order valence-electron chi connectivity index (χ3n) is 6.00. The van der Waals surface area contributed by atoms with E-state index >= 15 is 0 Å². The van der Waals surface area contributed by atoms with Crippen LogP contribution in [0.15, 0.2) is 42.6 Å². The van der Waals surface area contributed by atoms with Gasteiger partial charge in [0.2, 0.25) is 0 Å². The van der Waals surface area contributed by atoms with E-state index in [1.165, 1.54) is 25.2 Å². The van der Waals surface area contributed by atoms with Crippen LogP contribution < -0.4 is 10.6 Å². The van der Waals surface area contributed by atoms with Gasteiger partial charge in [0.1, 0.15) is 11.6 Å². The minimum Gasteiger partial charge on any atom is -0.391 e. The molecule has 8 heteroatoms. The van der Waals surface area contributed by atoms with E-state index < -0.39 is 29.6 Å². The topological polar surface area (TPSA) is 83.4 Å². The normalized spacial score (nSPS) is 18.5. The molecule has 2 aromatic carbocycles. The summed E-state index contributed by atoms with van der Waals surface area (Å²) in [7, 11) is 1.43. The van der Waals surface area contributed by atoms with Gasteiger partial charge in [-0.2, -0.15) is 0 Å². The van der Waals surface area contributed by atoms with Crippen molar-refractivity contribution in [2.24, 2.45) is 0 Å². The highest BCUT2D eigenvalue weighted by molar-refractivity contribution is 6.07. The molecule has 2 unspecified atom stereocenters. The van der Waals surface area contributed by atoms with Crippen LogP contribution in [0.2, 0.25) is 0 Å². The van der Waals surface area contributed by atoms with Crippen LogP contribution in [0.4, 0.5) is 8.78 Å². The van der Waals surface area contributed by atoms with Crippen LogP contribution in [0.3, 0.4) is 0 Å². The van der Waals surface area contributed by atoms with Gasteiger partial charge in [0, 0.05) is 25.2 Å². The first-order valence-corrected chi connectivity index (χ1v) is 10.7. The van der Waals surface area contributed by atoms with Crippen molar-refractivity contribution >= 4 is 22.7 Å². The van der Waals surface area contributed by atoms with E-state index in [-0.39, 0.29) is 29.1 Å². The highest BCUT2D eigenvalue weighted by Crippen LogP contribution is 2.27. The van der Waals surface area contributed by atoms with Crippen LogP contribution in [0.25, 0.3) is 10.9 Å². The Labute approximate surface area is 184 Å². The largest absolute Gasteiger partial charge is 0.391 e. The van der Waals surface area contributed by atoms with E-state index in [0.29, 0.717) is 23.9 Å². The second-order valence-electron chi connectivity index (χ2n) is 8.13. The predicted molar refractivity (Wildman–Crippen MR) is 117 cm³/mol. The fourth-order valence-electron chi connectivity index (χ4n) is 4.31. The standard InChI is InChI=1S/C24H25F2N3O3/c1-27-23(31)15-10-9-14(11-18(15)26)12-29-13-16(22-17(25)5-4-7-20(22)29)24(32)28-19-6-2-3-8-21(19)30/h4-5,7,9-11,13,19,21,30H,2-3,6,8,12H2,1H3,(H,27,31)(H,28,32). The molecule has 0 aliphatic heterocycles. The lowest BCUT2D eigenvalue weighted by atomic mass is 9.92. The van der Waals surface area contributed by atoms with Crippen molar-refractivity contribution in [3.63, 3.8) is 0 Å². The lowest BCUT2D eigenvalue weighted by molar-refractivity contribution is 0.0718. The molecule has 0 bridgehead atoms. The van der Waals surface area contributed by atoms with Crippen molar-refractivity contribution < 1.29 is 23.5 Å². The van der Waals surface area contributed by atoms with Gasteiger partial charge in [-0.1, -0.05) is 25.0 Å². The molecule has 32 heavy (non-hydrogen) atoms. The van der Waals surface area contributed by atoms with Crippen molar-refractivity contribution in [3.05, 3.63) is 70.9 Å². The van der Waals surface area contributed by atoms with Gasteiger partial charge in [-0.15, -0.1) is 0 Å². The summed E-state index contributed by atoms with van der Waals surface area (Å²) in [5.74, 6) is -2.16. The number of halogens is 2. The second-order valence-corrected chi connectivity index (χ2v) is 8.13. The van der Waals surface area contributed by atoms with Gasteiger partial charge in [0.05, 0.1) is 28.8 Å². The average molecular weight is 441 g/mol. The minimum atomic E-state index is -0.659. The Kier molecular flexibility index (Phi) is 6.23. The number of nitrogens with one attached hydrogen (secondary N) is 2. The van der Waals surface area contributed by atoms with Crippen LogP contribution in [0.1, 0.15) is 52.0 Å². The summed E-state index contributed by atoms with van der Waals surface area (Å²) >= 11 is 0. The summed E-state index contributed by atoms with van der Waals surface area (Å²) in [6.07, 6.45) is 4.05. The zero-order valence-corrected chi connectivity index (χ0v) is 17.7. The molecule has 6 nitrogen and oxygen atoms in total. The van der Waals surface area contributed by atoms with E-state index in [9.17, 15) is 23.5 Å². The van der Waals surface area contributed by atoms with Crippen LogP contribution in [0.5, 0.6) is 0 Å². The zero-order chi connectivity index (χ0) is 22.8. The molecule has 0 spiro atoms. The van der Waals surface area contributed by atoms with Gasteiger partial charge in [0.15, 0.2) is 0 Å². The number of aliphatic hydroxyl groups excluding tert-OH is 1. The molecular formula is C24H25F2N3O3. The fraction of sp³-hybridized carbons (Fsp3) is 0.333. The number of carbonyl (C=O) groups excluding carboxylic acids is 2. The Bertz CT molecular complexity index is 1170. The molecule has 1 heterocycles. The number of carbonyl (C=O) groups is 2. The Morgan fingerprint density at radius 1 is 1.06 bits per heavy atom. The molecule has 0 radical (unpaired) electrons. The summed E-state index contributed by atoms with van der Waals surface area (Å²) in [4.78, 5) is 24.7. The van der Waals surface area contributed by atoms with Crippen molar-refractivity contribution in [3.8, 4) is 0 Å². The molecule has 1 aliphatic carbocycles. The zero-order valence-electron chi connectivity index (χ0n) is 17.7. The maximum Gasteiger partial charge on any atom is 0.253 e. The number of hydrogen-bond acceptors (Lipinski definition) is 3. The second kappa shape index (κ2) is 9.08. The highest BCUT2D eigenvalue weighted by Gasteiger charge is 2.27. The first-order chi connectivity index (χ1) is 15.4. The minimum absolute atomic E-state index is 0.0641. The van der Waals surface area contributed by atoms with E-state index in [1.54, 1.807) is 29.0 Å². The molecule has 1 saturated carbocycles. The average Bonchev–Trinajstić information content (AvgIpc) is 3.15. The molecule has 2 amide bonds. The highest BCUT2D eigenvalue weighted by atomic mass is 19.1. The quantitative estimate of drug-likeness (QED) is 0.568. The Balaban J connectivity index is 1.66. The van der Waals surface area contributed by atoms with Crippen LogP contribution in [-0.2, 0) is 6.54 Å². The smallest absolute Gasteiger partial charge is 0.253 e. The number of nitrogens with zero attached hydrogens (tertiary/aromatic N) is 1. The van der Waals surface area contributed by atoms with Gasteiger partial charge in [0.25, 0.3) is 11.8 Å². The molecule has 2 atom stereocenters. The van der Waals surface area contributed by atoms with Gasteiger partial charge >= 0.3 is 0 Å². The van der Waals surface area contributed by atoms with Crippen molar-refractivity contribution in [2.45, 2.75) is 44.4 Å². The van der Waals surface area contributed by atoms with E-state index in [1.807, 2.05) is 0 Å². The van der Waals surface area contributed by atoms with Crippen molar-refractivity contribution in [1.82, 2.24) is 15.2 Å². The number of hydrogen-bond donors (Lipinski definition) is 3. The third kappa shape index (κ3) is 4.23. The number of rotatable bonds is 5. The summed E-state index contributed by atoms with van der Waals surface area (Å²) in [5.41, 5.74) is 1.16. The SMILES string of the molecule is CNC(=O)c1ccc(Cn2cc(C(=O)NC3CCCCC3O)c3c(F)cccc32)cc1F. The fourth-order valence-corrected chi connectivity index (χ4v) is 4.31. The monoisotopic (exact) mass is 441 g/mol. The summed E-state index contributed by atoms with van der Waals surface area (Å²) in [6, 6.07) is 8.44. The van der Waals surface area contributed by atoms with Gasteiger partial charge in [-0.05, 0) is 42.7 Å². The predicted octanol–water partition coefficient (Wildman–Crippen LogP) is 3.36. The van der Waals surface area contributed by atoms with Gasteiger partial charge in [-0.25, -0.2) is 8.78 Å². The van der Waals surface area contributed by atoms with Crippen LogP contribution >= 0.6 is 0 Å². The molecule has 4 rings (SSSR count).